The summed E-state index contributed by atoms with van der Waals surface area (Å²) in [4.78, 5) is 10.3. The number of rotatable bonds is 5. The van der Waals surface area contributed by atoms with E-state index in [-0.39, 0.29) is 5.69 Å². The maximum atomic E-state index is 10.7. The largest absolute Gasteiger partial charge is 0.498 e. The minimum absolute atomic E-state index is 0.0615. The van der Waals surface area contributed by atoms with E-state index in [0.717, 1.165) is 11.0 Å². The van der Waals surface area contributed by atoms with E-state index in [1.165, 1.54) is 12.1 Å². The van der Waals surface area contributed by atoms with Gasteiger partial charge >= 0.3 is 7.12 Å². The number of non-ortho nitro benzene ring substituents is 1. The number of nitro groups is 1. The van der Waals surface area contributed by atoms with E-state index < -0.39 is 23.2 Å². The van der Waals surface area contributed by atoms with Crippen LogP contribution in [0.5, 0.6) is 5.75 Å². The summed E-state index contributed by atoms with van der Waals surface area (Å²) >= 11 is 0. The number of ether oxygens (including phenoxy) is 1. The molecule has 0 bridgehead atoms. The Morgan fingerprint density at radius 1 is 1.00 bits per heavy atom. The van der Waals surface area contributed by atoms with Crippen molar-refractivity contribution in [3.63, 3.8) is 0 Å². The second-order valence-corrected chi connectivity index (χ2v) is 7.34. The van der Waals surface area contributed by atoms with Crippen LogP contribution in [0.3, 0.4) is 0 Å². The summed E-state index contributed by atoms with van der Waals surface area (Å²) in [5, 5.41) is 10.7. The average Bonchev–Trinajstić information content (AvgIpc) is 2.81. The molecule has 7 heteroatoms. The molecule has 0 N–H and O–H groups in total. The predicted octanol–water partition coefficient (Wildman–Crippen LogP) is 3.47. The number of nitro benzene ring substituents is 1. The SMILES string of the molecule is CC1(C)OB(c2ccccc2OCc2ccc([N+](=O)[O-])cc2)OC1(C)C. The summed E-state index contributed by atoms with van der Waals surface area (Å²) < 4.78 is 18.2. The van der Waals surface area contributed by atoms with Crippen molar-refractivity contribution in [3.8, 4) is 5.75 Å². The van der Waals surface area contributed by atoms with Crippen LogP contribution in [0.15, 0.2) is 48.5 Å². The van der Waals surface area contributed by atoms with E-state index in [2.05, 4.69) is 0 Å². The van der Waals surface area contributed by atoms with Crippen molar-refractivity contribution < 1.29 is 19.0 Å². The van der Waals surface area contributed by atoms with Crippen LogP contribution in [0, 0.1) is 10.1 Å². The van der Waals surface area contributed by atoms with Gasteiger partial charge in [0.1, 0.15) is 12.4 Å². The lowest BCUT2D eigenvalue weighted by Gasteiger charge is -2.32. The zero-order valence-electron chi connectivity index (χ0n) is 15.4. The van der Waals surface area contributed by atoms with Crippen LogP contribution in [0.4, 0.5) is 5.69 Å². The van der Waals surface area contributed by atoms with E-state index >= 15 is 0 Å². The van der Waals surface area contributed by atoms with Crippen LogP contribution in [0.2, 0.25) is 0 Å². The van der Waals surface area contributed by atoms with Gasteiger partial charge in [-0.25, -0.2) is 0 Å². The van der Waals surface area contributed by atoms with Crippen molar-refractivity contribution in [3.05, 3.63) is 64.2 Å². The molecule has 1 aliphatic rings. The third-order valence-electron chi connectivity index (χ3n) is 4.97. The molecule has 1 saturated heterocycles. The van der Waals surface area contributed by atoms with Gasteiger partial charge in [-0.2, -0.15) is 0 Å². The minimum atomic E-state index is -0.506. The molecule has 2 aromatic rings. The van der Waals surface area contributed by atoms with Crippen molar-refractivity contribution in [2.45, 2.75) is 45.5 Å². The van der Waals surface area contributed by atoms with Gasteiger partial charge in [-0.3, -0.25) is 10.1 Å². The molecule has 1 aliphatic heterocycles. The smallest absolute Gasteiger partial charge is 0.489 e. The highest BCUT2D eigenvalue weighted by Gasteiger charge is 2.52. The molecular weight excluding hydrogens is 333 g/mol. The molecule has 0 aromatic heterocycles. The van der Waals surface area contributed by atoms with Crippen molar-refractivity contribution >= 4 is 18.3 Å². The highest BCUT2D eigenvalue weighted by atomic mass is 16.7. The van der Waals surface area contributed by atoms with Crippen molar-refractivity contribution in [1.29, 1.82) is 0 Å². The van der Waals surface area contributed by atoms with Gasteiger partial charge in [-0.15, -0.1) is 0 Å². The fourth-order valence-corrected chi connectivity index (χ4v) is 2.65. The molecule has 0 amide bonds. The Hall–Kier alpha value is -2.38. The summed E-state index contributed by atoms with van der Waals surface area (Å²) in [5.74, 6) is 0.671. The monoisotopic (exact) mass is 355 g/mol. The first-order chi connectivity index (χ1) is 12.2. The van der Waals surface area contributed by atoms with E-state index in [1.807, 2.05) is 52.0 Å². The summed E-state index contributed by atoms with van der Waals surface area (Å²) in [6.45, 7) is 8.33. The molecule has 1 fully saturated rings. The summed E-state index contributed by atoms with van der Waals surface area (Å²) in [7, 11) is -0.506. The van der Waals surface area contributed by atoms with Gasteiger partial charge in [0.05, 0.1) is 16.1 Å². The van der Waals surface area contributed by atoms with Gasteiger partial charge < -0.3 is 14.0 Å². The van der Waals surface area contributed by atoms with Crippen LogP contribution in [-0.4, -0.2) is 23.2 Å². The molecule has 26 heavy (non-hydrogen) atoms. The standard InChI is InChI=1S/C19H22BNO5/c1-18(2)19(3,4)26-20(25-18)16-7-5-6-8-17(16)24-13-14-9-11-15(12-10-14)21(22)23/h5-12H,13H2,1-4H3. The maximum absolute atomic E-state index is 10.7. The predicted molar refractivity (Wildman–Crippen MR) is 99.6 cm³/mol. The number of para-hydroxylation sites is 1. The molecule has 6 nitrogen and oxygen atoms in total. The Labute approximate surface area is 153 Å². The van der Waals surface area contributed by atoms with Crippen LogP contribution < -0.4 is 10.2 Å². The molecule has 1 heterocycles. The Bertz CT molecular complexity index is 788. The van der Waals surface area contributed by atoms with Gasteiger partial charge in [0.25, 0.3) is 5.69 Å². The van der Waals surface area contributed by atoms with Gasteiger partial charge in [0, 0.05) is 17.6 Å². The first-order valence-corrected chi connectivity index (χ1v) is 8.50. The Kier molecular flexibility index (Phi) is 4.77. The van der Waals surface area contributed by atoms with Crippen LogP contribution in [0.1, 0.15) is 33.3 Å². The van der Waals surface area contributed by atoms with Crippen LogP contribution in [-0.2, 0) is 15.9 Å². The minimum Gasteiger partial charge on any atom is -0.489 e. The lowest BCUT2D eigenvalue weighted by molar-refractivity contribution is -0.384. The third-order valence-corrected chi connectivity index (χ3v) is 4.97. The number of benzene rings is 2. The molecule has 0 aliphatic carbocycles. The fraction of sp³-hybridized carbons (Fsp3) is 0.368. The van der Waals surface area contributed by atoms with E-state index in [4.69, 9.17) is 14.0 Å². The van der Waals surface area contributed by atoms with Gasteiger partial charge in [-0.05, 0) is 51.5 Å². The second-order valence-electron chi connectivity index (χ2n) is 7.34. The molecule has 0 radical (unpaired) electrons. The quantitative estimate of drug-likeness (QED) is 0.467. The normalized spacial score (nSPS) is 17.9. The first kappa shape index (κ1) is 18.4. The summed E-state index contributed by atoms with van der Waals surface area (Å²) in [6, 6.07) is 13.9. The maximum Gasteiger partial charge on any atom is 0.498 e. The number of nitrogens with zero attached hydrogens (tertiary/aromatic N) is 1. The molecule has 2 aromatic carbocycles. The molecule has 0 saturated carbocycles. The second kappa shape index (κ2) is 6.74. The molecule has 0 spiro atoms. The topological polar surface area (TPSA) is 70.8 Å². The van der Waals surface area contributed by atoms with Crippen molar-refractivity contribution in [1.82, 2.24) is 0 Å². The summed E-state index contributed by atoms with van der Waals surface area (Å²) in [6.07, 6.45) is 0. The van der Waals surface area contributed by atoms with Crippen LogP contribution in [0.25, 0.3) is 0 Å². The summed E-state index contributed by atoms with van der Waals surface area (Å²) in [5.41, 5.74) is 0.880. The molecule has 0 atom stereocenters. The Morgan fingerprint density at radius 2 is 1.58 bits per heavy atom. The van der Waals surface area contributed by atoms with Gasteiger partial charge in [-0.1, -0.05) is 18.2 Å². The Balaban J connectivity index is 1.75. The molecule has 136 valence electrons. The van der Waals surface area contributed by atoms with Gasteiger partial charge in [0.2, 0.25) is 0 Å². The van der Waals surface area contributed by atoms with E-state index in [9.17, 15) is 10.1 Å². The molecule has 0 unspecified atom stereocenters. The molecular formula is C19H22BNO5. The number of hydrogen-bond acceptors (Lipinski definition) is 5. The molecule has 3 rings (SSSR count). The zero-order valence-corrected chi connectivity index (χ0v) is 15.4. The Morgan fingerprint density at radius 3 is 2.15 bits per heavy atom. The van der Waals surface area contributed by atoms with Crippen molar-refractivity contribution in [2.75, 3.05) is 0 Å². The zero-order chi connectivity index (χ0) is 18.9. The van der Waals surface area contributed by atoms with E-state index in [0.29, 0.717) is 12.4 Å². The number of hydrogen-bond donors (Lipinski definition) is 0. The first-order valence-electron chi connectivity index (χ1n) is 8.50. The fourth-order valence-electron chi connectivity index (χ4n) is 2.65. The average molecular weight is 355 g/mol. The lowest BCUT2D eigenvalue weighted by Crippen LogP contribution is -2.41. The van der Waals surface area contributed by atoms with Crippen LogP contribution >= 0.6 is 0 Å². The third kappa shape index (κ3) is 3.59. The van der Waals surface area contributed by atoms with Gasteiger partial charge in [0.15, 0.2) is 0 Å². The highest BCUT2D eigenvalue weighted by Crippen LogP contribution is 2.37. The lowest BCUT2D eigenvalue weighted by atomic mass is 9.78. The van der Waals surface area contributed by atoms with Crippen molar-refractivity contribution in [2.24, 2.45) is 0 Å². The highest BCUT2D eigenvalue weighted by molar-refractivity contribution is 6.63. The van der Waals surface area contributed by atoms with E-state index in [1.54, 1.807) is 12.1 Å².